The van der Waals surface area contributed by atoms with Gasteiger partial charge in [0.2, 0.25) is 5.95 Å². The number of aliphatic hydroxyl groups excluding tert-OH is 1. The molecular weight excluding hydrogens is 560 g/mol. The van der Waals surface area contributed by atoms with E-state index in [1.54, 1.807) is 38.4 Å². The van der Waals surface area contributed by atoms with Crippen LogP contribution in [-0.4, -0.2) is 37.0 Å². The van der Waals surface area contributed by atoms with Crippen molar-refractivity contribution in [1.82, 2.24) is 24.4 Å². The standard InChI is InChI=1S/C29H31FN7O4P/c1-4-6-16(2)20-9-17(10-24(42)25(20)30)14-36-27(34-22-11-19(13-32-3)21(31)12-23(22)38)35-28(40)37(29(36)41)15-18-7-5-8-33-26(18)39/h5-13,31-32,38H,4,14-15,42H2,1-3H3,(H,33,39)(H,34,35,40)/b16-6-,19-13-,31-21?. The predicted molar refractivity (Wildman–Crippen MR) is 165 cm³/mol. The third kappa shape index (κ3) is 6.39. The van der Waals surface area contributed by atoms with Crippen molar-refractivity contribution in [2.75, 3.05) is 12.4 Å². The lowest BCUT2D eigenvalue weighted by Crippen LogP contribution is -2.44. The van der Waals surface area contributed by atoms with Crippen molar-refractivity contribution in [3.63, 3.8) is 0 Å². The van der Waals surface area contributed by atoms with Crippen LogP contribution in [0.3, 0.4) is 0 Å². The lowest BCUT2D eigenvalue weighted by atomic mass is 10.0. The summed E-state index contributed by atoms with van der Waals surface area (Å²) in [6.07, 6.45) is 8.27. The second-order valence-electron chi connectivity index (χ2n) is 9.55. The quantitative estimate of drug-likeness (QED) is 0.239. The number of pyridine rings is 1. The fraction of sp³-hybridized carbons (Fsp3) is 0.207. The maximum Gasteiger partial charge on any atom is 0.355 e. The summed E-state index contributed by atoms with van der Waals surface area (Å²) < 4.78 is 17.0. The van der Waals surface area contributed by atoms with Gasteiger partial charge in [-0.1, -0.05) is 19.1 Å². The molecule has 0 amide bonds. The molecule has 2 aromatic heterocycles. The Morgan fingerprint density at radius 2 is 1.98 bits per heavy atom. The molecule has 3 aromatic rings. The molecular formula is C29H31FN7O4P. The molecule has 1 atom stereocenters. The van der Waals surface area contributed by atoms with Gasteiger partial charge in [-0.15, -0.1) is 9.24 Å². The average molecular weight is 592 g/mol. The normalized spacial score (nSPS) is 14.5. The van der Waals surface area contributed by atoms with Gasteiger partial charge in [-0.05, 0) is 48.8 Å². The summed E-state index contributed by atoms with van der Waals surface area (Å²) >= 11 is 0. The van der Waals surface area contributed by atoms with Gasteiger partial charge in [0, 0.05) is 47.5 Å². The van der Waals surface area contributed by atoms with E-state index in [0.717, 1.165) is 10.1 Å². The third-order valence-corrected chi connectivity index (χ3v) is 6.95. The van der Waals surface area contributed by atoms with Crippen LogP contribution >= 0.6 is 9.24 Å². The van der Waals surface area contributed by atoms with E-state index in [0.29, 0.717) is 28.4 Å². The van der Waals surface area contributed by atoms with Gasteiger partial charge in [0.05, 0.1) is 24.5 Å². The van der Waals surface area contributed by atoms with Crippen molar-refractivity contribution in [2.45, 2.75) is 33.4 Å². The maximum absolute atomic E-state index is 15.0. The molecule has 1 aliphatic carbocycles. The number of benzene rings is 1. The molecule has 5 N–H and O–H groups in total. The molecule has 1 unspecified atom stereocenters. The molecule has 2 heterocycles. The van der Waals surface area contributed by atoms with E-state index in [1.165, 1.54) is 29.0 Å². The largest absolute Gasteiger partial charge is 0.506 e. The monoisotopic (exact) mass is 591 g/mol. The van der Waals surface area contributed by atoms with E-state index in [9.17, 15) is 19.5 Å². The molecule has 0 spiro atoms. The zero-order chi connectivity index (χ0) is 30.6. The molecule has 0 saturated carbocycles. The maximum atomic E-state index is 15.0. The minimum Gasteiger partial charge on any atom is -0.506 e. The Bertz CT molecular complexity index is 1860. The smallest absolute Gasteiger partial charge is 0.355 e. The summed E-state index contributed by atoms with van der Waals surface area (Å²) in [7, 11) is 4.01. The van der Waals surface area contributed by atoms with Crippen molar-refractivity contribution >= 4 is 31.8 Å². The van der Waals surface area contributed by atoms with Gasteiger partial charge in [0.1, 0.15) is 11.6 Å². The van der Waals surface area contributed by atoms with Gasteiger partial charge in [-0.2, -0.15) is 4.98 Å². The highest BCUT2D eigenvalue weighted by Crippen LogP contribution is 2.23. The van der Waals surface area contributed by atoms with Crippen LogP contribution in [0, 0.1) is 11.2 Å². The van der Waals surface area contributed by atoms with E-state index in [4.69, 9.17) is 5.41 Å². The number of hydrogen-bond donors (Lipinski definition) is 5. The van der Waals surface area contributed by atoms with Gasteiger partial charge in [0.25, 0.3) is 5.56 Å². The van der Waals surface area contributed by atoms with Crippen molar-refractivity contribution in [2.24, 2.45) is 0 Å². The molecule has 13 heteroatoms. The van der Waals surface area contributed by atoms with Crippen molar-refractivity contribution in [3.05, 3.63) is 126 Å². The molecule has 42 heavy (non-hydrogen) atoms. The summed E-state index contributed by atoms with van der Waals surface area (Å²) in [5.74, 6) is -0.897. The molecule has 0 saturated heterocycles. The molecule has 0 radical (unpaired) electrons. The van der Waals surface area contributed by atoms with Crippen LogP contribution in [0.15, 0.2) is 86.3 Å². The number of nitrogens with one attached hydrogen (secondary N) is 4. The first kappa shape index (κ1) is 30.1. The van der Waals surface area contributed by atoms with Crippen LogP contribution in [0.25, 0.3) is 5.57 Å². The topological polar surface area (TPSA) is 158 Å². The highest BCUT2D eigenvalue weighted by molar-refractivity contribution is 7.27. The molecule has 4 rings (SSSR count). The molecule has 218 valence electrons. The number of halogens is 1. The summed E-state index contributed by atoms with van der Waals surface area (Å²) in [6.45, 7) is 3.29. The number of rotatable bonds is 9. The molecule has 0 bridgehead atoms. The van der Waals surface area contributed by atoms with Gasteiger partial charge >= 0.3 is 11.4 Å². The highest BCUT2D eigenvalue weighted by atomic mass is 31.0. The Labute approximate surface area is 242 Å². The summed E-state index contributed by atoms with van der Waals surface area (Å²) in [5.41, 5.74) is 0.231. The van der Waals surface area contributed by atoms with E-state index < -0.39 is 22.8 Å². The predicted octanol–water partition coefficient (Wildman–Crippen LogP) is 2.52. The minimum atomic E-state index is -0.922. The van der Waals surface area contributed by atoms with E-state index in [2.05, 4.69) is 29.8 Å². The average Bonchev–Trinajstić information content (AvgIpc) is 2.94. The molecule has 0 fully saturated rings. The van der Waals surface area contributed by atoms with Crippen molar-refractivity contribution in [1.29, 1.82) is 5.41 Å². The highest BCUT2D eigenvalue weighted by Gasteiger charge is 2.21. The minimum absolute atomic E-state index is 0.0450. The Kier molecular flexibility index (Phi) is 9.17. The lowest BCUT2D eigenvalue weighted by Gasteiger charge is -2.20. The number of nitrogens with zero attached hydrogens (tertiary/aromatic N) is 3. The first-order valence-electron chi connectivity index (χ1n) is 13.0. The summed E-state index contributed by atoms with van der Waals surface area (Å²) in [6, 6.07) is 6.28. The third-order valence-electron chi connectivity index (χ3n) is 6.53. The van der Waals surface area contributed by atoms with Crippen LogP contribution in [0.4, 0.5) is 10.3 Å². The summed E-state index contributed by atoms with van der Waals surface area (Å²) in [5, 5.41) is 24.6. The Balaban J connectivity index is 1.89. The van der Waals surface area contributed by atoms with Crippen molar-refractivity contribution in [3.8, 4) is 0 Å². The number of aliphatic hydroxyl groups is 1. The van der Waals surface area contributed by atoms with Gasteiger partial charge in [-0.25, -0.2) is 18.5 Å². The zero-order valence-corrected chi connectivity index (χ0v) is 24.4. The van der Waals surface area contributed by atoms with Gasteiger partial charge in [-0.3, -0.25) is 9.36 Å². The number of aromatic amines is 1. The zero-order valence-electron chi connectivity index (χ0n) is 23.3. The second kappa shape index (κ2) is 12.8. The fourth-order valence-electron chi connectivity index (χ4n) is 4.44. The molecule has 11 nitrogen and oxygen atoms in total. The number of hydrogen-bond acceptors (Lipinski definition) is 8. The molecule has 1 aliphatic rings. The van der Waals surface area contributed by atoms with Crippen LogP contribution in [-0.2, 0) is 13.1 Å². The number of aromatic nitrogens is 4. The first-order valence-corrected chi connectivity index (χ1v) is 13.6. The van der Waals surface area contributed by atoms with E-state index in [-0.39, 0.29) is 41.8 Å². The number of allylic oxidation sites excluding steroid dienone is 5. The van der Waals surface area contributed by atoms with Crippen molar-refractivity contribution < 1.29 is 9.50 Å². The number of H-pyrrole nitrogens is 1. The van der Waals surface area contributed by atoms with Gasteiger partial charge in [0.15, 0.2) is 0 Å². The van der Waals surface area contributed by atoms with E-state index >= 15 is 4.39 Å². The van der Waals surface area contributed by atoms with E-state index in [1.807, 2.05) is 13.0 Å². The SMILES string of the molecule is CC/C=C(/C)c1cc(Cn2c(NC3=C/C(=C/NC)C(=N)C=C3O)nc(=O)n(Cc3ccc[nH]c3=O)c2=O)cc(P)c1F. The Morgan fingerprint density at radius 1 is 1.21 bits per heavy atom. The Morgan fingerprint density at radius 3 is 2.67 bits per heavy atom. The van der Waals surface area contributed by atoms with Crippen LogP contribution in [0.1, 0.15) is 37.0 Å². The van der Waals surface area contributed by atoms with Crippen LogP contribution in [0.2, 0.25) is 0 Å². The summed E-state index contributed by atoms with van der Waals surface area (Å²) in [4.78, 5) is 45.9. The van der Waals surface area contributed by atoms with Gasteiger partial charge < -0.3 is 26.1 Å². The van der Waals surface area contributed by atoms with Crippen LogP contribution in [0.5, 0.6) is 0 Å². The lowest BCUT2D eigenvalue weighted by molar-refractivity contribution is 0.424. The molecule has 1 aromatic carbocycles. The Hall–Kier alpha value is -4.83. The second-order valence-corrected chi connectivity index (χ2v) is 10.2. The van der Waals surface area contributed by atoms with Crippen LogP contribution < -0.4 is 32.9 Å². The first-order chi connectivity index (χ1) is 20.0. The molecule has 0 aliphatic heterocycles. The fourth-order valence-corrected chi connectivity index (χ4v) is 4.81. The number of anilines is 1.